The van der Waals surface area contributed by atoms with Gasteiger partial charge in [0.15, 0.2) is 17.3 Å². The van der Waals surface area contributed by atoms with Crippen molar-refractivity contribution in [1.29, 1.82) is 0 Å². The largest absolute Gasteiger partial charge is 0.454 e. The molecule has 0 unspecified atom stereocenters. The Hall–Kier alpha value is -2.43. The average Bonchev–Trinajstić information content (AvgIpc) is 2.87. The van der Waals surface area contributed by atoms with Gasteiger partial charge in [-0.1, -0.05) is 0 Å². The van der Waals surface area contributed by atoms with E-state index in [-0.39, 0.29) is 19.0 Å². The smallest absolute Gasteiger partial charge is 0.231 e. The minimum atomic E-state index is -0.0421. The summed E-state index contributed by atoms with van der Waals surface area (Å²) in [5, 5.41) is 0. The highest BCUT2D eigenvalue weighted by molar-refractivity contribution is 5.97. The van der Waals surface area contributed by atoms with Gasteiger partial charge in [-0.2, -0.15) is 0 Å². The Morgan fingerprint density at radius 1 is 1.17 bits per heavy atom. The Labute approximate surface area is 103 Å². The minimum absolute atomic E-state index is 0.0421. The first-order valence-corrected chi connectivity index (χ1v) is 5.52. The fourth-order valence-electron chi connectivity index (χ4n) is 1.74. The van der Waals surface area contributed by atoms with Gasteiger partial charge < -0.3 is 9.47 Å². The van der Waals surface area contributed by atoms with E-state index in [1.165, 1.54) is 0 Å². The monoisotopic (exact) mass is 242 g/mol. The van der Waals surface area contributed by atoms with Crippen LogP contribution in [0.25, 0.3) is 0 Å². The molecule has 0 spiro atoms. The van der Waals surface area contributed by atoms with E-state index < -0.39 is 0 Å². The maximum Gasteiger partial charge on any atom is 0.231 e. The number of carbonyl (C=O) groups is 1. The van der Waals surface area contributed by atoms with E-state index in [0.29, 0.717) is 22.9 Å². The molecule has 0 saturated heterocycles. The summed E-state index contributed by atoms with van der Waals surface area (Å²) in [7, 11) is 0. The third-order valence-electron chi connectivity index (χ3n) is 2.63. The number of hydrogen-bond donors (Lipinski definition) is 0. The van der Waals surface area contributed by atoms with Gasteiger partial charge in [0, 0.05) is 18.0 Å². The van der Waals surface area contributed by atoms with Gasteiger partial charge in [-0.25, -0.2) is 9.97 Å². The van der Waals surface area contributed by atoms with E-state index in [2.05, 4.69) is 9.97 Å². The number of rotatable bonds is 3. The van der Waals surface area contributed by atoms with Crippen LogP contribution in [0.1, 0.15) is 16.2 Å². The van der Waals surface area contributed by atoms with E-state index in [4.69, 9.17) is 9.47 Å². The highest BCUT2D eigenvalue weighted by Crippen LogP contribution is 2.32. The van der Waals surface area contributed by atoms with Gasteiger partial charge in [0.2, 0.25) is 6.79 Å². The number of hydrogen-bond acceptors (Lipinski definition) is 5. The Balaban J connectivity index is 1.81. The van der Waals surface area contributed by atoms with Gasteiger partial charge in [-0.15, -0.1) is 0 Å². The molecule has 1 aliphatic heterocycles. The van der Waals surface area contributed by atoms with Crippen LogP contribution in [0.4, 0.5) is 0 Å². The van der Waals surface area contributed by atoms with E-state index in [0.717, 1.165) is 0 Å². The van der Waals surface area contributed by atoms with Crippen molar-refractivity contribution in [3.8, 4) is 11.5 Å². The standard InChI is InChI=1S/C13H10N2O3/c16-10(7-13-14-4-1-5-15-13)9-2-3-11-12(6-9)18-8-17-11/h1-6H,7-8H2. The van der Waals surface area contributed by atoms with Gasteiger partial charge in [0.25, 0.3) is 0 Å². The van der Waals surface area contributed by atoms with Crippen molar-refractivity contribution < 1.29 is 14.3 Å². The number of benzene rings is 1. The fourth-order valence-corrected chi connectivity index (χ4v) is 1.74. The van der Waals surface area contributed by atoms with Crippen LogP contribution in [-0.2, 0) is 6.42 Å². The lowest BCUT2D eigenvalue weighted by Crippen LogP contribution is -2.06. The number of aromatic nitrogens is 2. The molecule has 0 aliphatic carbocycles. The first-order valence-electron chi connectivity index (χ1n) is 5.52. The third kappa shape index (κ3) is 2.02. The molecule has 0 amide bonds. The quantitative estimate of drug-likeness (QED) is 0.765. The van der Waals surface area contributed by atoms with Crippen molar-refractivity contribution in [3.05, 3.63) is 48.0 Å². The number of ketones is 1. The van der Waals surface area contributed by atoms with Crippen LogP contribution >= 0.6 is 0 Å². The van der Waals surface area contributed by atoms with Crippen molar-refractivity contribution >= 4 is 5.78 Å². The molecule has 5 heteroatoms. The zero-order valence-electron chi connectivity index (χ0n) is 9.50. The summed E-state index contributed by atoms with van der Waals surface area (Å²) in [6.45, 7) is 0.203. The molecule has 90 valence electrons. The van der Waals surface area contributed by atoms with Gasteiger partial charge in [0.05, 0.1) is 6.42 Å². The molecule has 2 heterocycles. The average molecular weight is 242 g/mol. The lowest BCUT2D eigenvalue weighted by Gasteiger charge is -2.01. The molecular weight excluding hydrogens is 232 g/mol. The second kappa shape index (κ2) is 4.44. The zero-order chi connectivity index (χ0) is 12.4. The molecule has 18 heavy (non-hydrogen) atoms. The molecule has 3 rings (SSSR count). The second-order valence-corrected chi connectivity index (χ2v) is 3.83. The molecule has 1 aromatic heterocycles. The van der Waals surface area contributed by atoms with Crippen LogP contribution in [-0.4, -0.2) is 22.5 Å². The summed E-state index contributed by atoms with van der Waals surface area (Å²) < 4.78 is 10.4. The molecule has 0 saturated carbocycles. The van der Waals surface area contributed by atoms with E-state index in [1.54, 1.807) is 36.7 Å². The number of fused-ring (bicyclic) bond motifs is 1. The Kier molecular flexibility index (Phi) is 2.64. The SMILES string of the molecule is O=C(Cc1ncccn1)c1ccc2c(c1)OCO2. The first-order chi connectivity index (χ1) is 8.83. The number of Topliss-reactive ketones (excluding diaryl/α,β-unsaturated/α-hetero) is 1. The zero-order valence-corrected chi connectivity index (χ0v) is 9.50. The summed E-state index contributed by atoms with van der Waals surface area (Å²) in [5.41, 5.74) is 0.576. The number of ether oxygens (including phenoxy) is 2. The maximum atomic E-state index is 12.0. The Morgan fingerprint density at radius 2 is 1.94 bits per heavy atom. The fraction of sp³-hybridized carbons (Fsp3) is 0.154. The summed E-state index contributed by atoms with van der Waals surface area (Å²) in [6.07, 6.45) is 3.42. The minimum Gasteiger partial charge on any atom is -0.454 e. The second-order valence-electron chi connectivity index (χ2n) is 3.83. The Bertz CT molecular complexity index is 584. The lowest BCUT2D eigenvalue weighted by atomic mass is 10.1. The Morgan fingerprint density at radius 3 is 2.78 bits per heavy atom. The molecule has 0 atom stereocenters. The van der Waals surface area contributed by atoms with Crippen LogP contribution in [0.2, 0.25) is 0 Å². The van der Waals surface area contributed by atoms with Gasteiger partial charge >= 0.3 is 0 Å². The maximum absolute atomic E-state index is 12.0. The van der Waals surface area contributed by atoms with Crippen molar-refractivity contribution in [2.75, 3.05) is 6.79 Å². The van der Waals surface area contributed by atoms with Crippen LogP contribution in [0.15, 0.2) is 36.7 Å². The molecule has 0 bridgehead atoms. The summed E-state index contributed by atoms with van der Waals surface area (Å²) in [4.78, 5) is 20.1. The summed E-state index contributed by atoms with van der Waals surface area (Å²) >= 11 is 0. The van der Waals surface area contributed by atoms with Crippen LogP contribution in [0.5, 0.6) is 11.5 Å². The van der Waals surface area contributed by atoms with Gasteiger partial charge in [0.1, 0.15) is 5.82 Å². The molecule has 0 fully saturated rings. The normalized spacial score (nSPS) is 12.4. The highest BCUT2D eigenvalue weighted by Gasteiger charge is 2.16. The van der Waals surface area contributed by atoms with E-state index >= 15 is 0 Å². The molecular formula is C13H10N2O3. The van der Waals surface area contributed by atoms with E-state index in [1.807, 2.05) is 0 Å². The predicted molar refractivity (Wildman–Crippen MR) is 62.6 cm³/mol. The van der Waals surface area contributed by atoms with Crippen molar-refractivity contribution in [1.82, 2.24) is 9.97 Å². The molecule has 5 nitrogen and oxygen atoms in total. The van der Waals surface area contributed by atoms with Crippen molar-refractivity contribution in [2.24, 2.45) is 0 Å². The molecule has 0 N–H and O–H groups in total. The number of carbonyl (C=O) groups excluding carboxylic acids is 1. The van der Waals surface area contributed by atoms with Crippen LogP contribution in [0.3, 0.4) is 0 Å². The lowest BCUT2D eigenvalue weighted by molar-refractivity contribution is 0.0990. The van der Waals surface area contributed by atoms with Crippen molar-refractivity contribution in [2.45, 2.75) is 6.42 Å². The summed E-state index contributed by atoms with van der Waals surface area (Å²) in [5.74, 6) is 1.75. The van der Waals surface area contributed by atoms with Gasteiger partial charge in [-0.3, -0.25) is 4.79 Å². The molecule has 2 aromatic rings. The van der Waals surface area contributed by atoms with Crippen LogP contribution in [0, 0.1) is 0 Å². The first kappa shape index (κ1) is 10.7. The third-order valence-corrected chi connectivity index (χ3v) is 2.63. The van der Waals surface area contributed by atoms with Crippen molar-refractivity contribution in [3.63, 3.8) is 0 Å². The van der Waals surface area contributed by atoms with Gasteiger partial charge in [-0.05, 0) is 24.3 Å². The van der Waals surface area contributed by atoms with E-state index in [9.17, 15) is 4.79 Å². The van der Waals surface area contributed by atoms with Crippen LogP contribution < -0.4 is 9.47 Å². The molecule has 1 aliphatic rings. The highest BCUT2D eigenvalue weighted by atomic mass is 16.7. The molecule has 0 radical (unpaired) electrons. The number of nitrogens with zero attached hydrogens (tertiary/aromatic N) is 2. The predicted octanol–water partition coefficient (Wildman–Crippen LogP) is 1.63. The topological polar surface area (TPSA) is 61.3 Å². The summed E-state index contributed by atoms with van der Waals surface area (Å²) in [6, 6.07) is 6.86. The molecule has 1 aromatic carbocycles.